The van der Waals surface area contributed by atoms with Gasteiger partial charge in [0.1, 0.15) is 11.8 Å². The van der Waals surface area contributed by atoms with Crippen molar-refractivity contribution < 1.29 is 14.3 Å². The molecule has 5 nitrogen and oxygen atoms in total. The van der Waals surface area contributed by atoms with Gasteiger partial charge in [0.2, 0.25) is 0 Å². The molecule has 0 saturated heterocycles. The predicted molar refractivity (Wildman–Crippen MR) is 49.7 cm³/mol. The molecule has 0 fully saturated rings. The standard InChI is InChI=1S/C9H12N2O3/c1-13-6-3-4-7(11-5-6)8(10)9(12)14-2/h3-5,8H,10H2,1-2H3. The number of nitrogens with two attached hydrogens (primary N) is 1. The summed E-state index contributed by atoms with van der Waals surface area (Å²) in [5.74, 6) is 0.105. The van der Waals surface area contributed by atoms with Crippen molar-refractivity contribution in [1.82, 2.24) is 4.98 Å². The smallest absolute Gasteiger partial charge is 0.328 e. The summed E-state index contributed by atoms with van der Waals surface area (Å²) in [5.41, 5.74) is 6.02. The SMILES string of the molecule is COC(=O)C(N)c1ccc(OC)cn1. The minimum atomic E-state index is -0.842. The quantitative estimate of drug-likeness (QED) is 0.702. The van der Waals surface area contributed by atoms with E-state index in [-0.39, 0.29) is 0 Å². The lowest BCUT2D eigenvalue weighted by Gasteiger charge is -2.08. The molecular formula is C9H12N2O3. The molecule has 76 valence electrons. The van der Waals surface area contributed by atoms with Gasteiger partial charge in [-0.3, -0.25) is 4.98 Å². The molecule has 1 heterocycles. The molecule has 1 atom stereocenters. The first-order valence-corrected chi connectivity index (χ1v) is 4.02. The molecule has 0 aliphatic carbocycles. The highest BCUT2D eigenvalue weighted by atomic mass is 16.5. The van der Waals surface area contributed by atoms with Crippen LogP contribution in [0.25, 0.3) is 0 Å². The van der Waals surface area contributed by atoms with E-state index in [0.29, 0.717) is 11.4 Å². The summed E-state index contributed by atoms with van der Waals surface area (Å²) in [6.07, 6.45) is 1.50. The lowest BCUT2D eigenvalue weighted by atomic mass is 10.2. The fraction of sp³-hybridized carbons (Fsp3) is 0.333. The Hall–Kier alpha value is -1.62. The van der Waals surface area contributed by atoms with E-state index < -0.39 is 12.0 Å². The second-order valence-corrected chi connectivity index (χ2v) is 2.62. The van der Waals surface area contributed by atoms with Crippen molar-refractivity contribution in [1.29, 1.82) is 0 Å². The molecular weight excluding hydrogens is 184 g/mol. The van der Waals surface area contributed by atoms with E-state index >= 15 is 0 Å². The van der Waals surface area contributed by atoms with E-state index in [2.05, 4.69) is 9.72 Å². The number of ether oxygens (including phenoxy) is 2. The molecule has 1 unspecified atom stereocenters. The molecule has 1 aromatic heterocycles. The zero-order chi connectivity index (χ0) is 10.6. The Morgan fingerprint density at radius 2 is 2.21 bits per heavy atom. The fourth-order valence-corrected chi connectivity index (χ4v) is 0.944. The van der Waals surface area contributed by atoms with Gasteiger partial charge >= 0.3 is 5.97 Å². The van der Waals surface area contributed by atoms with Gasteiger partial charge in [-0.25, -0.2) is 4.79 Å². The first-order chi connectivity index (χ1) is 6.69. The number of carbonyl (C=O) groups excluding carboxylic acids is 1. The van der Waals surface area contributed by atoms with Crippen LogP contribution in [0.1, 0.15) is 11.7 Å². The Balaban J connectivity index is 2.81. The minimum Gasteiger partial charge on any atom is -0.495 e. The lowest BCUT2D eigenvalue weighted by Crippen LogP contribution is -2.23. The van der Waals surface area contributed by atoms with Crippen LogP contribution in [0.4, 0.5) is 0 Å². The maximum atomic E-state index is 11.0. The van der Waals surface area contributed by atoms with E-state index in [9.17, 15) is 4.79 Å². The zero-order valence-electron chi connectivity index (χ0n) is 8.06. The molecule has 0 bridgehead atoms. The molecule has 0 radical (unpaired) electrons. The van der Waals surface area contributed by atoms with E-state index in [0.717, 1.165) is 0 Å². The van der Waals surface area contributed by atoms with Gasteiger partial charge in [0, 0.05) is 0 Å². The third-order valence-corrected chi connectivity index (χ3v) is 1.77. The molecule has 0 aliphatic rings. The number of rotatable bonds is 3. The highest BCUT2D eigenvalue weighted by molar-refractivity contribution is 5.76. The van der Waals surface area contributed by atoms with Gasteiger partial charge < -0.3 is 15.2 Å². The Labute approximate surface area is 81.8 Å². The van der Waals surface area contributed by atoms with Crippen LogP contribution in [0.2, 0.25) is 0 Å². The average molecular weight is 196 g/mol. The summed E-state index contributed by atoms with van der Waals surface area (Å²) >= 11 is 0. The van der Waals surface area contributed by atoms with Crippen molar-refractivity contribution in [3.05, 3.63) is 24.0 Å². The molecule has 0 spiro atoms. The topological polar surface area (TPSA) is 74.4 Å². The molecule has 0 aromatic carbocycles. The maximum Gasteiger partial charge on any atom is 0.328 e. The van der Waals surface area contributed by atoms with Gasteiger partial charge in [-0.2, -0.15) is 0 Å². The van der Waals surface area contributed by atoms with Crippen molar-refractivity contribution in [2.24, 2.45) is 5.73 Å². The average Bonchev–Trinajstić information content (AvgIpc) is 2.27. The maximum absolute atomic E-state index is 11.0. The van der Waals surface area contributed by atoms with Crippen LogP contribution in [0, 0.1) is 0 Å². The highest BCUT2D eigenvalue weighted by Crippen LogP contribution is 2.13. The van der Waals surface area contributed by atoms with Crippen molar-refractivity contribution in [2.45, 2.75) is 6.04 Å². The molecule has 2 N–H and O–H groups in total. The molecule has 5 heteroatoms. The van der Waals surface area contributed by atoms with Crippen molar-refractivity contribution in [2.75, 3.05) is 14.2 Å². The number of nitrogens with zero attached hydrogens (tertiary/aromatic N) is 1. The summed E-state index contributed by atoms with van der Waals surface area (Å²) < 4.78 is 9.40. The van der Waals surface area contributed by atoms with Crippen molar-refractivity contribution in [3.8, 4) is 5.75 Å². The Bertz CT molecular complexity index is 310. The molecule has 0 aliphatic heterocycles. The van der Waals surface area contributed by atoms with Crippen LogP contribution < -0.4 is 10.5 Å². The second kappa shape index (κ2) is 4.57. The van der Waals surface area contributed by atoms with E-state index in [1.807, 2.05) is 0 Å². The van der Waals surface area contributed by atoms with Gasteiger partial charge in [0.25, 0.3) is 0 Å². The summed E-state index contributed by atoms with van der Waals surface area (Å²) in [4.78, 5) is 15.0. The van der Waals surface area contributed by atoms with Crippen LogP contribution in [0.3, 0.4) is 0 Å². The van der Waals surface area contributed by atoms with E-state index in [1.165, 1.54) is 20.4 Å². The Morgan fingerprint density at radius 3 is 2.64 bits per heavy atom. The predicted octanol–water partition coefficient (Wildman–Crippen LogP) is 0.263. The summed E-state index contributed by atoms with van der Waals surface area (Å²) in [5, 5.41) is 0. The molecule has 1 rings (SSSR count). The number of aromatic nitrogens is 1. The van der Waals surface area contributed by atoms with Crippen LogP contribution in [-0.2, 0) is 9.53 Å². The minimum absolute atomic E-state index is 0.456. The number of hydrogen-bond donors (Lipinski definition) is 1. The van der Waals surface area contributed by atoms with Crippen molar-refractivity contribution >= 4 is 5.97 Å². The first-order valence-electron chi connectivity index (χ1n) is 4.02. The van der Waals surface area contributed by atoms with Crippen LogP contribution >= 0.6 is 0 Å². The number of carbonyl (C=O) groups is 1. The fourth-order valence-electron chi connectivity index (χ4n) is 0.944. The van der Waals surface area contributed by atoms with Gasteiger partial charge in [0.15, 0.2) is 0 Å². The van der Waals surface area contributed by atoms with Crippen LogP contribution in [-0.4, -0.2) is 25.2 Å². The summed E-state index contributed by atoms with van der Waals surface area (Å²) in [6.45, 7) is 0. The van der Waals surface area contributed by atoms with E-state index in [1.54, 1.807) is 12.1 Å². The van der Waals surface area contributed by atoms with Gasteiger partial charge in [-0.05, 0) is 12.1 Å². The molecule has 14 heavy (non-hydrogen) atoms. The Kier molecular flexibility index (Phi) is 3.41. The third-order valence-electron chi connectivity index (χ3n) is 1.77. The third kappa shape index (κ3) is 2.20. The normalized spacial score (nSPS) is 11.9. The molecule has 0 amide bonds. The summed E-state index contributed by atoms with van der Waals surface area (Å²) in [7, 11) is 2.82. The van der Waals surface area contributed by atoms with E-state index in [4.69, 9.17) is 10.5 Å². The lowest BCUT2D eigenvalue weighted by molar-refractivity contribution is -0.142. The second-order valence-electron chi connectivity index (χ2n) is 2.62. The van der Waals surface area contributed by atoms with Crippen molar-refractivity contribution in [3.63, 3.8) is 0 Å². The van der Waals surface area contributed by atoms with Crippen LogP contribution in [0.15, 0.2) is 18.3 Å². The largest absolute Gasteiger partial charge is 0.495 e. The number of hydrogen-bond acceptors (Lipinski definition) is 5. The molecule has 0 saturated carbocycles. The monoisotopic (exact) mass is 196 g/mol. The van der Waals surface area contributed by atoms with Gasteiger partial charge in [-0.1, -0.05) is 0 Å². The zero-order valence-corrected chi connectivity index (χ0v) is 8.06. The number of pyridine rings is 1. The number of methoxy groups -OCH3 is 2. The highest BCUT2D eigenvalue weighted by Gasteiger charge is 2.17. The first kappa shape index (κ1) is 10.5. The Morgan fingerprint density at radius 1 is 1.50 bits per heavy atom. The van der Waals surface area contributed by atoms with Gasteiger partial charge in [0.05, 0.1) is 26.1 Å². The van der Waals surface area contributed by atoms with Gasteiger partial charge in [-0.15, -0.1) is 0 Å². The molecule has 1 aromatic rings. The van der Waals surface area contributed by atoms with Crippen LogP contribution in [0.5, 0.6) is 5.75 Å². The summed E-state index contributed by atoms with van der Waals surface area (Å²) in [6, 6.07) is 2.47. The number of esters is 1.